The van der Waals surface area contributed by atoms with Gasteiger partial charge in [-0.1, -0.05) is 42.2 Å². The minimum Gasteiger partial charge on any atom is -0.358 e. The van der Waals surface area contributed by atoms with Crippen molar-refractivity contribution in [2.75, 3.05) is 24.2 Å². The number of azo groups is 1. The van der Waals surface area contributed by atoms with Gasteiger partial charge in [0.15, 0.2) is 0 Å². The van der Waals surface area contributed by atoms with Crippen LogP contribution in [-0.2, 0) is 4.79 Å². The Hall–Kier alpha value is -2.25. The molecule has 0 fully saturated rings. The molecule has 0 aliphatic carbocycles. The van der Waals surface area contributed by atoms with Gasteiger partial charge in [0.05, 0.1) is 17.1 Å². The lowest BCUT2D eigenvalue weighted by Crippen LogP contribution is -2.28. The summed E-state index contributed by atoms with van der Waals surface area (Å²) in [5.74, 6) is 0.216. The van der Waals surface area contributed by atoms with Crippen molar-refractivity contribution in [2.24, 2.45) is 10.2 Å². The van der Waals surface area contributed by atoms with Crippen LogP contribution < -0.4 is 5.32 Å². The molecular weight excluding hydrogens is 364 g/mol. The number of rotatable bonds is 7. The summed E-state index contributed by atoms with van der Waals surface area (Å²) in [6.45, 7) is 5.80. The van der Waals surface area contributed by atoms with Crippen molar-refractivity contribution in [3.63, 3.8) is 0 Å². The van der Waals surface area contributed by atoms with E-state index in [1.807, 2.05) is 68.4 Å². The SMILES string of the molecule is CCN(CC)C(=S)SCC(=O)Nc1ccc(N=Nc2ccccc2)cc1. The van der Waals surface area contributed by atoms with E-state index in [2.05, 4.69) is 20.4 Å². The molecule has 0 saturated heterocycles. The Morgan fingerprint density at radius 3 is 2.15 bits per heavy atom. The quantitative estimate of drug-likeness (QED) is 0.511. The van der Waals surface area contributed by atoms with E-state index in [1.54, 1.807) is 0 Å². The molecular formula is C19H22N4OS2. The van der Waals surface area contributed by atoms with Crippen molar-refractivity contribution >= 4 is 51.3 Å². The number of thioether (sulfide) groups is 1. The second kappa shape index (κ2) is 10.7. The van der Waals surface area contributed by atoms with Crippen molar-refractivity contribution in [2.45, 2.75) is 13.8 Å². The maximum absolute atomic E-state index is 12.1. The standard InChI is InChI=1S/C19H22N4OS2/c1-3-23(4-2)19(25)26-14-18(24)20-15-10-12-17(13-11-15)22-21-16-8-6-5-7-9-16/h5-13H,3-4,14H2,1-2H3,(H,20,24). The first kappa shape index (κ1) is 20.1. The van der Waals surface area contributed by atoms with Crippen LogP contribution in [0.4, 0.5) is 17.1 Å². The first-order valence-corrected chi connectivity index (χ1v) is 9.80. The summed E-state index contributed by atoms with van der Waals surface area (Å²) >= 11 is 6.71. The van der Waals surface area contributed by atoms with Crippen LogP contribution in [0.15, 0.2) is 64.8 Å². The molecule has 1 N–H and O–H groups in total. The molecule has 0 aliphatic rings. The van der Waals surface area contributed by atoms with E-state index in [0.717, 1.165) is 34.5 Å². The van der Waals surface area contributed by atoms with Gasteiger partial charge in [0.1, 0.15) is 4.32 Å². The van der Waals surface area contributed by atoms with E-state index < -0.39 is 0 Å². The van der Waals surface area contributed by atoms with Gasteiger partial charge in [0, 0.05) is 18.8 Å². The molecule has 26 heavy (non-hydrogen) atoms. The van der Waals surface area contributed by atoms with Gasteiger partial charge in [-0.05, 0) is 50.2 Å². The van der Waals surface area contributed by atoms with Gasteiger partial charge in [-0.3, -0.25) is 4.79 Å². The summed E-state index contributed by atoms with van der Waals surface area (Å²) < 4.78 is 0.752. The molecule has 2 rings (SSSR count). The Bertz CT molecular complexity index is 744. The fourth-order valence-electron chi connectivity index (χ4n) is 2.12. The van der Waals surface area contributed by atoms with Crippen molar-refractivity contribution in [3.05, 3.63) is 54.6 Å². The monoisotopic (exact) mass is 386 g/mol. The molecule has 0 aliphatic heterocycles. The van der Waals surface area contributed by atoms with E-state index in [9.17, 15) is 4.79 Å². The number of amides is 1. The van der Waals surface area contributed by atoms with Crippen LogP contribution in [0.3, 0.4) is 0 Å². The first-order valence-electron chi connectivity index (χ1n) is 8.40. The Balaban J connectivity index is 1.84. The Morgan fingerprint density at radius 2 is 1.58 bits per heavy atom. The molecule has 2 aromatic carbocycles. The second-order valence-electron chi connectivity index (χ2n) is 5.36. The average Bonchev–Trinajstić information content (AvgIpc) is 2.67. The molecule has 1 amide bonds. The van der Waals surface area contributed by atoms with Crippen LogP contribution in [0, 0.1) is 0 Å². The largest absolute Gasteiger partial charge is 0.358 e. The van der Waals surface area contributed by atoms with Gasteiger partial charge < -0.3 is 10.2 Å². The van der Waals surface area contributed by atoms with Crippen molar-refractivity contribution in [1.82, 2.24) is 4.90 Å². The number of benzene rings is 2. The van der Waals surface area contributed by atoms with Crippen LogP contribution in [0.5, 0.6) is 0 Å². The lowest BCUT2D eigenvalue weighted by atomic mass is 10.3. The number of carbonyl (C=O) groups is 1. The maximum atomic E-state index is 12.1. The number of thiocarbonyl (C=S) groups is 1. The van der Waals surface area contributed by atoms with E-state index in [1.165, 1.54) is 11.8 Å². The van der Waals surface area contributed by atoms with Crippen molar-refractivity contribution in [3.8, 4) is 0 Å². The highest BCUT2D eigenvalue weighted by molar-refractivity contribution is 8.23. The summed E-state index contributed by atoms with van der Waals surface area (Å²) in [5, 5.41) is 11.2. The fourth-order valence-corrected chi connectivity index (χ4v) is 3.32. The van der Waals surface area contributed by atoms with Crippen molar-refractivity contribution in [1.29, 1.82) is 0 Å². The predicted molar refractivity (Wildman–Crippen MR) is 114 cm³/mol. The normalized spacial score (nSPS) is 10.7. The van der Waals surface area contributed by atoms with Gasteiger partial charge in [-0.2, -0.15) is 10.2 Å². The minimum absolute atomic E-state index is 0.0804. The van der Waals surface area contributed by atoms with E-state index in [-0.39, 0.29) is 5.91 Å². The van der Waals surface area contributed by atoms with Gasteiger partial charge >= 0.3 is 0 Å². The molecule has 0 heterocycles. The highest BCUT2D eigenvalue weighted by Crippen LogP contribution is 2.20. The maximum Gasteiger partial charge on any atom is 0.234 e. The first-order chi connectivity index (χ1) is 12.6. The van der Waals surface area contributed by atoms with Gasteiger partial charge in [-0.25, -0.2) is 0 Å². The Morgan fingerprint density at radius 1 is 1.00 bits per heavy atom. The molecule has 0 bridgehead atoms. The topological polar surface area (TPSA) is 57.1 Å². The third-order valence-corrected chi connectivity index (χ3v) is 5.06. The van der Waals surface area contributed by atoms with Gasteiger partial charge in [0.25, 0.3) is 0 Å². The summed E-state index contributed by atoms with van der Waals surface area (Å²) in [4.78, 5) is 14.1. The van der Waals surface area contributed by atoms with Crippen LogP contribution in [0.25, 0.3) is 0 Å². The Labute approximate surface area is 163 Å². The summed E-state index contributed by atoms with van der Waals surface area (Å²) in [7, 11) is 0. The molecule has 0 atom stereocenters. The zero-order chi connectivity index (χ0) is 18.8. The smallest absolute Gasteiger partial charge is 0.234 e. The summed E-state index contributed by atoms with van der Waals surface area (Å²) in [6, 6.07) is 16.8. The molecule has 0 spiro atoms. The molecule has 7 heteroatoms. The molecule has 0 radical (unpaired) electrons. The highest BCUT2D eigenvalue weighted by atomic mass is 32.2. The number of anilines is 1. The van der Waals surface area contributed by atoms with Crippen LogP contribution in [0.1, 0.15) is 13.8 Å². The van der Waals surface area contributed by atoms with E-state index in [0.29, 0.717) is 5.75 Å². The minimum atomic E-state index is -0.0804. The molecule has 5 nitrogen and oxygen atoms in total. The highest BCUT2D eigenvalue weighted by Gasteiger charge is 2.09. The number of carbonyl (C=O) groups excluding carboxylic acids is 1. The van der Waals surface area contributed by atoms with Crippen LogP contribution >= 0.6 is 24.0 Å². The third kappa shape index (κ3) is 6.57. The molecule has 2 aromatic rings. The van der Waals surface area contributed by atoms with E-state index in [4.69, 9.17) is 12.2 Å². The average molecular weight is 387 g/mol. The Kier molecular flexibility index (Phi) is 8.24. The summed E-state index contributed by atoms with van der Waals surface area (Å²) in [5.41, 5.74) is 2.25. The second-order valence-corrected chi connectivity index (χ2v) is 6.97. The zero-order valence-electron chi connectivity index (χ0n) is 14.9. The van der Waals surface area contributed by atoms with E-state index >= 15 is 0 Å². The predicted octanol–water partition coefficient (Wildman–Crippen LogP) is 5.40. The molecule has 0 aromatic heterocycles. The van der Waals surface area contributed by atoms with Gasteiger partial charge in [-0.15, -0.1) is 0 Å². The number of hydrogen-bond donors (Lipinski definition) is 1. The molecule has 136 valence electrons. The fraction of sp³-hybridized carbons (Fsp3) is 0.263. The molecule has 0 saturated carbocycles. The lowest BCUT2D eigenvalue weighted by Gasteiger charge is -2.20. The third-order valence-electron chi connectivity index (χ3n) is 3.54. The number of nitrogens with one attached hydrogen (secondary N) is 1. The molecule has 0 unspecified atom stereocenters. The van der Waals surface area contributed by atoms with Crippen LogP contribution in [0.2, 0.25) is 0 Å². The van der Waals surface area contributed by atoms with Crippen molar-refractivity contribution < 1.29 is 4.79 Å². The number of nitrogens with zero attached hydrogens (tertiary/aromatic N) is 3. The van der Waals surface area contributed by atoms with Gasteiger partial charge in [0.2, 0.25) is 5.91 Å². The zero-order valence-corrected chi connectivity index (χ0v) is 16.5. The lowest BCUT2D eigenvalue weighted by molar-refractivity contribution is -0.113. The number of hydrogen-bond acceptors (Lipinski definition) is 5. The van der Waals surface area contributed by atoms with Crippen LogP contribution in [-0.4, -0.2) is 34.0 Å². The summed E-state index contributed by atoms with van der Waals surface area (Å²) in [6.07, 6.45) is 0.